The summed E-state index contributed by atoms with van der Waals surface area (Å²) in [6.07, 6.45) is 4.91. The average Bonchev–Trinajstić information content (AvgIpc) is 2.79. The Morgan fingerprint density at radius 2 is 1.77 bits per heavy atom. The Hall–Kier alpha value is -1.81. The smallest absolute Gasteiger partial charge is 0.251 e. The number of fused-ring (bicyclic) bond motifs is 1. The molecule has 0 saturated heterocycles. The molecule has 2 heterocycles. The maximum absolute atomic E-state index is 12.4. The lowest BCUT2D eigenvalue weighted by atomic mass is 9.89. The number of carbonyl (C=O) groups excluding carboxylic acids is 1. The van der Waals surface area contributed by atoms with E-state index in [2.05, 4.69) is 47.1 Å². The van der Waals surface area contributed by atoms with Crippen LogP contribution in [0.5, 0.6) is 0 Å². The van der Waals surface area contributed by atoms with Crippen molar-refractivity contribution in [1.82, 2.24) is 16.0 Å². The molecule has 3 aliphatic rings. The van der Waals surface area contributed by atoms with Gasteiger partial charge in [-0.1, -0.05) is 42.7 Å². The van der Waals surface area contributed by atoms with Gasteiger partial charge in [-0.3, -0.25) is 4.79 Å². The summed E-state index contributed by atoms with van der Waals surface area (Å²) in [5.41, 5.74) is 4.41. The van der Waals surface area contributed by atoms with Crippen LogP contribution in [0.1, 0.15) is 42.9 Å². The van der Waals surface area contributed by atoms with Gasteiger partial charge in [-0.05, 0) is 25.3 Å². The van der Waals surface area contributed by atoms with Gasteiger partial charge in [-0.2, -0.15) is 0 Å². The highest BCUT2D eigenvalue weighted by atomic mass is 16.2. The second kappa shape index (κ2) is 5.43. The lowest BCUT2D eigenvalue weighted by Crippen LogP contribution is -2.49. The first kappa shape index (κ1) is 13.8. The quantitative estimate of drug-likeness (QED) is 0.742. The summed E-state index contributed by atoms with van der Waals surface area (Å²) in [5, 5.41) is 10.4. The van der Waals surface area contributed by atoms with Crippen LogP contribution in [0.3, 0.4) is 0 Å². The van der Waals surface area contributed by atoms with Crippen molar-refractivity contribution in [2.45, 2.75) is 50.7 Å². The summed E-state index contributed by atoms with van der Waals surface area (Å²) in [4.78, 5) is 12.4. The van der Waals surface area contributed by atoms with Crippen LogP contribution >= 0.6 is 0 Å². The number of hydrogen-bond acceptors (Lipinski definition) is 3. The highest BCUT2D eigenvalue weighted by molar-refractivity contribution is 5.98. The minimum Gasteiger partial charge on any atom is -0.382 e. The largest absolute Gasteiger partial charge is 0.382 e. The van der Waals surface area contributed by atoms with Gasteiger partial charge < -0.3 is 16.0 Å². The van der Waals surface area contributed by atoms with Crippen LogP contribution in [0, 0.1) is 6.92 Å². The average molecular weight is 297 g/mol. The fraction of sp³-hybridized carbons (Fsp3) is 0.500. The topological polar surface area (TPSA) is 53.2 Å². The summed E-state index contributed by atoms with van der Waals surface area (Å²) < 4.78 is 0. The van der Waals surface area contributed by atoms with Crippen molar-refractivity contribution in [3.8, 4) is 0 Å². The van der Waals surface area contributed by atoms with Gasteiger partial charge in [0.2, 0.25) is 0 Å². The number of nitrogens with one attached hydrogen (secondary N) is 3. The first-order valence-corrected chi connectivity index (χ1v) is 8.33. The Kier molecular flexibility index (Phi) is 3.41. The molecule has 1 aliphatic carbocycles. The number of aryl methyl sites for hydroxylation is 1. The zero-order chi connectivity index (χ0) is 15.1. The van der Waals surface area contributed by atoms with E-state index < -0.39 is 0 Å². The van der Waals surface area contributed by atoms with Crippen molar-refractivity contribution >= 4 is 5.91 Å². The molecule has 1 aromatic rings. The molecular formula is C18H23N3O. The minimum absolute atomic E-state index is 0.00120. The van der Waals surface area contributed by atoms with Crippen molar-refractivity contribution in [2.24, 2.45) is 0 Å². The molecule has 4 nitrogen and oxygen atoms in total. The Morgan fingerprint density at radius 1 is 1.05 bits per heavy atom. The van der Waals surface area contributed by atoms with Crippen LogP contribution in [0.4, 0.5) is 0 Å². The second-order valence-electron chi connectivity index (χ2n) is 6.73. The fourth-order valence-electron chi connectivity index (χ4n) is 3.98. The number of carbonyl (C=O) groups is 1. The van der Waals surface area contributed by atoms with E-state index >= 15 is 0 Å². The lowest BCUT2D eigenvalue weighted by molar-refractivity contribution is -0.117. The predicted molar refractivity (Wildman–Crippen MR) is 86.3 cm³/mol. The van der Waals surface area contributed by atoms with Crippen LogP contribution in [0.15, 0.2) is 35.5 Å². The Balaban J connectivity index is 1.74. The molecule has 0 unspecified atom stereocenters. The molecule has 1 saturated carbocycles. The monoisotopic (exact) mass is 297 g/mol. The van der Waals surface area contributed by atoms with Gasteiger partial charge in [-0.25, -0.2) is 0 Å². The summed E-state index contributed by atoms with van der Waals surface area (Å²) >= 11 is 0. The molecular weight excluding hydrogens is 274 g/mol. The zero-order valence-electron chi connectivity index (χ0n) is 13.0. The molecule has 0 aromatic heterocycles. The van der Waals surface area contributed by atoms with Crippen molar-refractivity contribution in [2.75, 3.05) is 6.54 Å². The predicted octanol–water partition coefficient (Wildman–Crippen LogP) is 1.92. The molecule has 3 N–H and O–H groups in total. The first-order chi connectivity index (χ1) is 10.7. The Morgan fingerprint density at radius 3 is 2.55 bits per heavy atom. The number of benzene rings is 1. The van der Waals surface area contributed by atoms with E-state index in [4.69, 9.17) is 0 Å². The van der Waals surface area contributed by atoms with Gasteiger partial charge in [0.1, 0.15) is 0 Å². The molecule has 0 radical (unpaired) electrons. The van der Waals surface area contributed by atoms with E-state index in [9.17, 15) is 4.79 Å². The zero-order valence-corrected chi connectivity index (χ0v) is 13.0. The summed E-state index contributed by atoms with van der Waals surface area (Å²) in [7, 11) is 0. The third kappa shape index (κ3) is 2.31. The van der Waals surface area contributed by atoms with Crippen molar-refractivity contribution < 1.29 is 4.79 Å². The SMILES string of the molecule is Cc1ccc([C@H]2N[C@@H]3CCCC[C@H]3NC3=C2C(=O)NC3)cc1. The summed E-state index contributed by atoms with van der Waals surface area (Å²) in [6.45, 7) is 2.73. The van der Waals surface area contributed by atoms with E-state index in [0.29, 0.717) is 18.6 Å². The molecule has 1 fully saturated rings. The number of rotatable bonds is 1. The van der Waals surface area contributed by atoms with Gasteiger partial charge in [0, 0.05) is 17.8 Å². The van der Waals surface area contributed by atoms with Gasteiger partial charge in [0.15, 0.2) is 0 Å². The normalized spacial score (nSPS) is 31.0. The molecule has 3 atom stereocenters. The molecule has 0 spiro atoms. The number of hydrogen-bond donors (Lipinski definition) is 3. The third-order valence-corrected chi connectivity index (χ3v) is 5.20. The maximum atomic E-state index is 12.4. The lowest BCUT2D eigenvalue weighted by Gasteiger charge is -2.34. The van der Waals surface area contributed by atoms with Gasteiger partial charge in [0.05, 0.1) is 18.2 Å². The summed E-state index contributed by atoms with van der Waals surface area (Å²) in [6, 6.07) is 9.43. The molecule has 4 rings (SSSR count). The van der Waals surface area contributed by atoms with Crippen molar-refractivity contribution in [1.29, 1.82) is 0 Å². The van der Waals surface area contributed by atoms with E-state index in [0.717, 1.165) is 11.3 Å². The molecule has 0 bridgehead atoms. The standard InChI is InChI=1S/C18H23N3O/c1-11-6-8-12(9-7-11)17-16-15(10-19-18(16)22)20-13-4-2-3-5-14(13)21-17/h6-9,13-14,17,20-21H,2-5,10H2,1H3,(H,19,22)/t13-,14-,17-/m1/s1. The highest BCUT2D eigenvalue weighted by Crippen LogP contribution is 2.33. The first-order valence-electron chi connectivity index (χ1n) is 8.33. The van der Waals surface area contributed by atoms with Crippen molar-refractivity contribution in [3.05, 3.63) is 46.7 Å². The van der Waals surface area contributed by atoms with Gasteiger partial charge in [0.25, 0.3) is 5.91 Å². The molecule has 116 valence electrons. The molecule has 22 heavy (non-hydrogen) atoms. The van der Waals surface area contributed by atoms with E-state index in [1.54, 1.807) is 0 Å². The van der Waals surface area contributed by atoms with Crippen LogP contribution in [0.2, 0.25) is 0 Å². The minimum atomic E-state index is -0.00120. The van der Waals surface area contributed by atoms with Crippen LogP contribution in [-0.2, 0) is 4.79 Å². The van der Waals surface area contributed by atoms with Crippen LogP contribution < -0.4 is 16.0 Å². The van der Waals surface area contributed by atoms with E-state index in [1.165, 1.54) is 36.8 Å². The Labute approximate surface area is 131 Å². The second-order valence-corrected chi connectivity index (χ2v) is 6.73. The van der Waals surface area contributed by atoms with Crippen LogP contribution in [-0.4, -0.2) is 24.5 Å². The highest BCUT2D eigenvalue weighted by Gasteiger charge is 2.38. The molecule has 4 heteroatoms. The van der Waals surface area contributed by atoms with E-state index in [1.807, 2.05) is 0 Å². The maximum Gasteiger partial charge on any atom is 0.251 e. The van der Waals surface area contributed by atoms with E-state index in [-0.39, 0.29) is 11.9 Å². The van der Waals surface area contributed by atoms with Crippen LogP contribution in [0.25, 0.3) is 0 Å². The fourth-order valence-corrected chi connectivity index (χ4v) is 3.98. The number of amides is 1. The van der Waals surface area contributed by atoms with Crippen molar-refractivity contribution in [3.63, 3.8) is 0 Å². The third-order valence-electron chi connectivity index (χ3n) is 5.20. The molecule has 1 amide bonds. The molecule has 2 aliphatic heterocycles. The van der Waals surface area contributed by atoms with Gasteiger partial charge >= 0.3 is 0 Å². The molecule has 1 aromatic carbocycles. The van der Waals surface area contributed by atoms with Gasteiger partial charge in [-0.15, -0.1) is 0 Å². The Bertz CT molecular complexity index is 620. The summed E-state index contributed by atoms with van der Waals surface area (Å²) in [5.74, 6) is 0.0687.